The number of fused-ring (bicyclic) bond motifs is 1. The molecule has 0 bridgehead atoms. The van der Waals surface area contributed by atoms with Crippen LogP contribution in [0.2, 0.25) is 0 Å². The number of halogens is 3. The highest BCUT2D eigenvalue weighted by Gasteiger charge is 2.40. The van der Waals surface area contributed by atoms with Crippen molar-refractivity contribution in [1.29, 1.82) is 0 Å². The van der Waals surface area contributed by atoms with Gasteiger partial charge in [-0.1, -0.05) is 48.5 Å². The fraction of sp³-hybridized carbons (Fsp3) is 0.238. The monoisotopic (exact) mass is 372 g/mol. The summed E-state index contributed by atoms with van der Waals surface area (Å²) in [6, 6.07) is 17.7. The van der Waals surface area contributed by atoms with Crippen LogP contribution >= 0.6 is 0 Å². The number of hydrogen-bond donors (Lipinski definition) is 1. The normalized spacial score (nSPS) is 13.9. The number of pyridine rings is 1. The van der Waals surface area contributed by atoms with Crippen molar-refractivity contribution < 1.29 is 18.0 Å². The van der Waals surface area contributed by atoms with E-state index in [0.29, 0.717) is 0 Å². The molecular formula is C21H19F3N2O. The molecule has 1 aromatic heterocycles. The predicted molar refractivity (Wildman–Crippen MR) is 98.4 cm³/mol. The molecule has 1 amide bonds. The topological polar surface area (TPSA) is 42.0 Å². The van der Waals surface area contributed by atoms with Crippen molar-refractivity contribution in [2.45, 2.75) is 31.5 Å². The summed E-state index contributed by atoms with van der Waals surface area (Å²) < 4.78 is 39.5. The highest BCUT2D eigenvalue weighted by atomic mass is 19.4. The quantitative estimate of drug-likeness (QED) is 0.691. The molecule has 0 saturated heterocycles. The second-order valence-corrected chi connectivity index (χ2v) is 6.89. The number of amides is 1. The second-order valence-electron chi connectivity index (χ2n) is 6.89. The van der Waals surface area contributed by atoms with E-state index in [2.05, 4.69) is 10.3 Å². The smallest absolute Gasteiger partial charge is 0.346 e. The van der Waals surface area contributed by atoms with Crippen molar-refractivity contribution in [1.82, 2.24) is 10.3 Å². The van der Waals surface area contributed by atoms with Gasteiger partial charge in [0.15, 0.2) is 0 Å². The van der Waals surface area contributed by atoms with E-state index in [0.717, 1.165) is 16.5 Å². The standard InChI is InChI=1S/C21H19F3N2O/c1-20(14-21(22,23)24,12-15-7-3-2-4-8-15)26-19(27)17-11-16-9-5-6-10-18(16)25-13-17/h2-11,13H,12,14H2,1H3,(H,26,27)/t20-/m1/s1. The maximum Gasteiger partial charge on any atom is 0.391 e. The van der Waals surface area contributed by atoms with Gasteiger partial charge in [-0.05, 0) is 31.0 Å². The number of rotatable bonds is 5. The number of carbonyl (C=O) groups excluding carboxylic acids is 1. The molecule has 3 aromatic rings. The largest absolute Gasteiger partial charge is 0.391 e. The van der Waals surface area contributed by atoms with Crippen molar-refractivity contribution in [3.05, 3.63) is 78.0 Å². The number of carbonyl (C=O) groups is 1. The third kappa shape index (κ3) is 5.06. The van der Waals surface area contributed by atoms with Crippen molar-refractivity contribution in [2.75, 3.05) is 0 Å². The number of nitrogens with one attached hydrogen (secondary N) is 1. The summed E-state index contributed by atoms with van der Waals surface area (Å²) in [4.78, 5) is 16.9. The summed E-state index contributed by atoms with van der Waals surface area (Å²) in [5, 5.41) is 3.34. The summed E-state index contributed by atoms with van der Waals surface area (Å²) in [6.45, 7) is 1.42. The number of aromatic nitrogens is 1. The lowest BCUT2D eigenvalue weighted by Gasteiger charge is -2.32. The van der Waals surface area contributed by atoms with Gasteiger partial charge in [0, 0.05) is 11.6 Å². The maximum atomic E-state index is 13.2. The summed E-state index contributed by atoms with van der Waals surface area (Å²) in [5.41, 5.74) is 0.204. The molecular weight excluding hydrogens is 353 g/mol. The molecule has 27 heavy (non-hydrogen) atoms. The van der Waals surface area contributed by atoms with Crippen molar-refractivity contribution in [3.8, 4) is 0 Å². The van der Waals surface area contributed by atoms with E-state index in [1.54, 1.807) is 48.5 Å². The average molecular weight is 372 g/mol. The van der Waals surface area contributed by atoms with Crippen molar-refractivity contribution in [3.63, 3.8) is 0 Å². The molecule has 0 aliphatic heterocycles. The van der Waals surface area contributed by atoms with Crippen LogP contribution < -0.4 is 5.32 Å². The van der Waals surface area contributed by atoms with E-state index < -0.39 is 24.0 Å². The van der Waals surface area contributed by atoms with Crippen LogP contribution in [0.25, 0.3) is 10.9 Å². The van der Waals surface area contributed by atoms with Crippen LogP contribution in [0.3, 0.4) is 0 Å². The number of hydrogen-bond acceptors (Lipinski definition) is 2. The summed E-state index contributed by atoms with van der Waals surface area (Å²) in [5.74, 6) is -0.573. The van der Waals surface area contributed by atoms with Gasteiger partial charge in [-0.15, -0.1) is 0 Å². The minimum absolute atomic E-state index is 0.0695. The van der Waals surface area contributed by atoms with Crippen LogP contribution in [-0.2, 0) is 6.42 Å². The van der Waals surface area contributed by atoms with E-state index in [1.165, 1.54) is 13.1 Å². The first kappa shape index (κ1) is 18.9. The lowest BCUT2D eigenvalue weighted by Crippen LogP contribution is -2.50. The Morgan fingerprint density at radius 2 is 1.70 bits per heavy atom. The van der Waals surface area contributed by atoms with E-state index in [9.17, 15) is 18.0 Å². The molecule has 0 aliphatic rings. The zero-order valence-electron chi connectivity index (χ0n) is 14.8. The SMILES string of the molecule is C[C@@](Cc1ccccc1)(CC(F)(F)F)NC(=O)c1cnc2ccccc2c1. The molecule has 140 valence electrons. The Balaban J connectivity index is 1.86. The van der Waals surface area contributed by atoms with Gasteiger partial charge >= 0.3 is 6.18 Å². The van der Waals surface area contributed by atoms with Gasteiger partial charge in [0.25, 0.3) is 5.91 Å². The van der Waals surface area contributed by atoms with E-state index in [-0.39, 0.29) is 12.0 Å². The van der Waals surface area contributed by atoms with Gasteiger partial charge in [-0.2, -0.15) is 13.2 Å². The zero-order chi connectivity index (χ0) is 19.5. The predicted octanol–water partition coefficient (Wildman–Crippen LogP) is 4.92. The highest BCUT2D eigenvalue weighted by Crippen LogP contribution is 2.30. The summed E-state index contributed by atoms with van der Waals surface area (Å²) >= 11 is 0. The molecule has 1 heterocycles. The van der Waals surface area contributed by atoms with Gasteiger partial charge in [-0.25, -0.2) is 0 Å². The van der Waals surface area contributed by atoms with Crippen LogP contribution in [0.4, 0.5) is 13.2 Å². The Morgan fingerprint density at radius 1 is 1.04 bits per heavy atom. The van der Waals surface area contributed by atoms with Crippen LogP contribution in [-0.4, -0.2) is 22.6 Å². The van der Waals surface area contributed by atoms with Gasteiger partial charge < -0.3 is 5.32 Å². The molecule has 6 heteroatoms. The van der Waals surface area contributed by atoms with E-state index >= 15 is 0 Å². The molecule has 3 nitrogen and oxygen atoms in total. The second kappa shape index (κ2) is 7.39. The minimum atomic E-state index is -4.40. The molecule has 2 aromatic carbocycles. The average Bonchev–Trinajstić information content (AvgIpc) is 2.60. The Hall–Kier alpha value is -2.89. The number of benzene rings is 2. The number of nitrogens with zero attached hydrogens (tertiary/aromatic N) is 1. The fourth-order valence-electron chi connectivity index (χ4n) is 3.18. The Kier molecular flexibility index (Phi) is 5.17. The van der Waals surface area contributed by atoms with Crippen molar-refractivity contribution in [2.24, 2.45) is 0 Å². The summed E-state index contributed by atoms with van der Waals surface area (Å²) in [6.07, 6.45) is -4.08. The first-order valence-corrected chi connectivity index (χ1v) is 8.52. The third-order valence-electron chi connectivity index (χ3n) is 4.30. The molecule has 3 rings (SSSR count). The molecule has 0 radical (unpaired) electrons. The Bertz CT molecular complexity index is 941. The van der Waals surface area contributed by atoms with E-state index in [4.69, 9.17) is 0 Å². The van der Waals surface area contributed by atoms with Gasteiger partial charge in [0.2, 0.25) is 0 Å². The maximum absolute atomic E-state index is 13.2. The third-order valence-corrected chi connectivity index (χ3v) is 4.30. The van der Waals surface area contributed by atoms with Gasteiger partial charge in [0.1, 0.15) is 0 Å². The van der Waals surface area contributed by atoms with Crippen molar-refractivity contribution >= 4 is 16.8 Å². The molecule has 1 atom stereocenters. The van der Waals surface area contributed by atoms with E-state index in [1.807, 2.05) is 12.1 Å². The Labute approximate surface area is 155 Å². The number of para-hydroxylation sites is 1. The van der Waals surface area contributed by atoms with Gasteiger partial charge in [0.05, 0.1) is 23.0 Å². The Morgan fingerprint density at radius 3 is 2.41 bits per heavy atom. The lowest BCUT2D eigenvalue weighted by atomic mass is 9.88. The first-order chi connectivity index (χ1) is 12.7. The van der Waals surface area contributed by atoms with Crippen LogP contribution in [0.1, 0.15) is 29.3 Å². The summed E-state index contributed by atoms with van der Waals surface area (Å²) in [7, 11) is 0. The first-order valence-electron chi connectivity index (χ1n) is 8.52. The van der Waals surface area contributed by atoms with Crippen LogP contribution in [0.5, 0.6) is 0 Å². The molecule has 0 spiro atoms. The fourth-order valence-corrected chi connectivity index (χ4v) is 3.18. The van der Waals surface area contributed by atoms with Crippen LogP contribution in [0, 0.1) is 0 Å². The molecule has 0 unspecified atom stereocenters. The molecule has 0 saturated carbocycles. The zero-order valence-corrected chi connectivity index (χ0v) is 14.8. The minimum Gasteiger partial charge on any atom is -0.346 e. The van der Waals surface area contributed by atoms with Gasteiger partial charge in [-0.3, -0.25) is 9.78 Å². The molecule has 0 aliphatic carbocycles. The molecule has 0 fully saturated rings. The molecule has 1 N–H and O–H groups in total. The van der Waals surface area contributed by atoms with Crippen LogP contribution in [0.15, 0.2) is 66.9 Å². The number of alkyl halides is 3. The highest BCUT2D eigenvalue weighted by molar-refractivity contribution is 5.97. The lowest BCUT2D eigenvalue weighted by molar-refractivity contribution is -0.147.